The van der Waals surface area contributed by atoms with Crippen LogP contribution in [0.5, 0.6) is 0 Å². The minimum atomic E-state index is -5.08. The van der Waals surface area contributed by atoms with Crippen molar-refractivity contribution in [2.45, 2.75) is 19.0 Å². The molecular weight excluding hydrogens is 322 g/mol. The van der Waals surface area contributed by atoms with Gasteiger partial charge in [0, 0.05) is 19.0 Å². The lowest BCUT2D eigenvalue weighted by atomic mass is 9.91. The highest BCUT2D eigenvalue weighted by atomic mass is 19.4. The average Bonchev–Trinajstić information content (AvgIpc) is 2.35. The zero-order valence-electron chi connectivity index (χ0n) is 12.3. The second kappa shape index (κ2) is 7.40. The molecule has 1 aromatic rings. The summed E-state index contributed by atoms with van der Waals surface area (Å²) in [4.78, 5) is 20.2. The predicted molar refractivity (Wildman–Crippen MR) is 71.8 cm³/mol. The normalized spacial score (nSPS) is 14.3. The average molecular weight is 337 g/mol. The number of carboxylic acids is 1. The fourth-order valence-corrected chi connectivity index (χ4v) is 1.89. The number of benzene rings is 1. The molecule has 1 aromatic carbocycles. The van der Waals surface area contributed by atoms with Crippen LogP contribution >= 0.6 is 0 Å². The van der Waals surface area contributed by atoms with Gasteiger partial charge in [-0.3, -0.25) is 0 Å². The van der Waals surface area contributed by atoms with Gasteiger partial charge in [0.2, 0.25) is 0 Å². The molecule has 0 spiro atoms. The van der Waals surface area contributed by atoms with Crippen molar-refractivity contribution < 1.29 is 37.0 Å². The van der Waals surface area contributed by atoms with E-state index in [1.165, 1.54) is 13.2 Å². The standard InChI is InChI=1S/C12H14FNO2.C2HF3O2/c1-7-3-8(9-5-14-6-9)4-10(13)11(7)12(15)16-2;3-2(4,5)1(6)7/h3-4,9,14H,5-6H2,1-2H3;(H,6,7). The van der Waals surface area contributed by atoms with Crippen LogP contribution in [0, 0.1) is 12.7 Å². The third-order valence-electron chi connectivity index (χ3n) is 3.19. The monoisotopic (exact) mass is 337 g/mol. The molecule has 9 heteroatoms. The summed E-state index contributed by atoms with van der Waals surface area (Å²) < 4.78 is 50.0. The lowest BCUT2D eigenvalue weighted by Crippen LogP contribution is -2.40. The van der Waals surface area contributed by atoms with Crippen molar-refractivity contribution in [3.8, 4) is 0 Å². The maximum absolute atomic E-state index is 13.7. The van der Waals surface area contributed by atoms with Gasteiger partial charge < -0.3 is 15.2 Å². The maximum Gasteiger partial charge on any atom is 0.490 e. The van der Waals surface area contributed by atoms with Gasteiger partial charge in [-0.05, 0) is 24.1 Å². The van der Waals surface area contributed by atoms with Gasteiger partial charge in [-0.15, -0.1) is 0 Å². The molecule has 5 nitrogen and oxygen atoms in total. The number of hydrogen-bond donors (Lipinski definition) is 2. The minimum Gasteiger partial charge on any atom is -0.475 e. The van der Waals surface area contributed by atoms with E-state index in [0.717, 1.165) is 18.7 Å². The van der Waals surface area contributed by atoms with Gasteiger partial charge >= 0.3 is 18.1 Å². The highest BCUT2D eigenvalue weighted by Gasteiger charge is 2.38. The molecule has 0 unspecified atom stereocenters. The Balaban J connectivity index is 0.000000322. The van der Waals surface area contributed by atoms with E-state index in [-0.39, 0.29) is 5.56 Å². The van der Waals surface area contributed by atoms with Crippen LogP contribution in [0.1, 0.15) is 27.4 Å². The Morgan fingerprint density at radius 1 is 1.30 bits per heavy atom. The number of esters is 1. The SMILES string of the molecule is COC(=O)c1c(C)cc(C2CNC2)cc1F.O=C(O)C(F)(F)F. The quantitative estimate of drug-likeness (QED) is 0.639. The molecule has 1 saturated heterocycles. The number of carbonyl (C=O) groups is 2. The molecule has 0 amide bonds. The summed E-state index contributed by atoms with van der Waals surface area (Å²) in [5, 5.41) is 10.3. The summed E-state index contributed by atoms with van der Waals surface area (Å²) in [6, 6.07) is 3.30. The van der Waals surface area contributed by atoms with E-state index >= 15 is 0 Å². The Hall–Kier alpha value is -2.16. The first kappa shape index (κ1) is 18.9. The summed E-state index contributed by atoms with van der Waals surface area (Å²) in [5.74, 6) is -3.51. The van der Waals surface area contributed by atoms with E-state index in [4.69, 9.17) is 9.90 Å². The lowest BCUT2D eigenvalue weighted by molar-refractivity contribution is -0.192. The van der Waals surface area contributed by atoms with Crippen molar-refractivity contribution in [3.63, 3.8) is 0 Å². The number of carbonyl (C=O) groups excluding carboxylic acids is 1. The Kier molecular flexibility index (Phi) is 6.08. The fourth-order valence-electron chi connectivity index (χ4n) is 1.89. The molecule has 2 rings (SSSR count). The third-order valence-corrected chi connectivity index (χ3v) is 3.19. The van der Waals surface area contributed by atoms with Gasteiger partial charge in [0.1, 0.15) is 5.82 Å². The first-order valence-electron chi connectivity index (χ1n) is 6.47. The van der Waals surface area contributed by atoms with Crippen molar-refractivity contribution >= 4 is 11.9 Å². The van der Waals surface area contributed by atoms with Crippen molar-refractivity contribution in [2.24, 2.45) is 0 Å². The second-order valence-electron chi connectivity index (χ2n) is 4.84. The summed E-state index contributed by atoms with van der Waals surface area (Å²) in [7, 11) is 1.25. The minimum absolute atomic E-state index is 0.0403. The Labute approximate surface area is 129 Å². The zero-order valence-corrected chi connectivity index (χ0v) is 12.3. The molecule has 0 aliphatic carbocycles. The van der Waals surface area contributed by atoms with Crippen molar-refractivity contribution in [3.05, 3.63) is 34.6 Å². The summed E-state index contributed by atoms with van der Waals surface area (Å²) in [6.07, 6.45) is -5.08. The first-order valence-corrected chi connectivity index (χ1v) is 6.47. The van der Waals surface area contributed by atoms with Crippen LogP contribution in [0.15, 0.2) is 12.1 Å². The molecular formula is C14H15F4NO4. The van der Waals surface area contributed by atoms with Crippen LogP contribution in [0.2, 0.25) is 0 Å². The Morgan fingerprint density at radius 2 is 1.83 bits per heavy atom. The second-order valence-corrected chi connectivity index (χ2v) is 4.84. The largest absolute Gasteiger partial charge is 0.490 e. The topological polar surface area (TPSA) is 75.6 Å². The third kappa shape index (κ3) is 4.92. The van der Waals surface area contributed by atoms with Gasteiger partial charge in [0.05, 0.1) is 12.7 Å². The van der Waals surface area contributed by atoms with Crippen molar-refractivity contribution in [1.29, 1.82) is 0 Å². The predicted octanol–water partition coefficient (Wildman–Crippen LogP) is 2.24. The smallest absolute Gasteiger partial charge is 0.475 e. The number of aryl methyl sites for hydroxylation is 1. The molecule has 0 saturated carbocycles. The number of halogens is 4. The number of aliphatic carboxylic acids is 1. The molecule has 128 valence electrons. The highest BCUT2D eigenvalue weighted by Crippen LogP contribution is 2.25. The van der Waals surface area contributed by atoms with E-state index in [9.17, 15) is 22.4 Å². The van der Waals surface area contributed by atoms with E-state index in [1.54, 1.807) is 6.92 Å². The molecule has 0 atom stereocenters. The number of ether oxygens (including phenoxy) is 1. The zero-order chi connectivity index (χ0) is 17.8. The molecule has 1 aliphatic rings. The number of rotatable bonds is 2. The summed E-state index contributed by atoms with van der Waals surface area (Å²) in [6.45, 7) is 3.47. The molecule has 2 N–H and O–H groups in total. The number of hydrogen-bond acceptors (Lipinski definition) is 4. The van der Waals surface area contributed by atoms with Crippen molar-refractivity contribution in [2.75, 3.05) is 20.2 Å². The van der Waals surface area contributed by atoms with Crippen LogP contribution < -0.4 is 5.32 Å². The van der Waals surface area contributed by atoms with Gasteiger partial charge in [0.15, 0.2) is 0 Å². The molecule has 0 aromatic heterocycles. The Morgan fingerprint density at radius 3 is 2.13 bits per heavy atom. The fraction of sp³-hybridized carbons (Fsp3) is 0.429. The molecule has 1 aliphatic heterocycles. The number of carboxylic acid groups (broad SMARTS) is 1. The summed E-state index contributed by atoms with van der Waals surface area (Å²) in [5.41, 5.74) is 1.62. The van der Waals surface area contributed by atoms with Crippen LogP contribution in [-0.2, 0) is 9.53 Å². The van der Waals surface area contributed by atoms with E-state index in [0.29, 0.717) is 11.5 Å². The number of alkyl halides is 3. The van der Waals surface area contributed by atoms with E-state index in [1.807, 2.05) is 6.07 Å². The maximum atomic E-state index is 13.7. The van der Waals surface area contributed by atoms with Crippen molar-refractivity contribution in [1.82, 2.24) is 5.32 Å². The van der Waals surface area contributed by atoms with Gasteiger partial charge in [-0.2, -0.15) is 13.2 Å². The molecule has 0 bridgehead atoms. The van der Waals surface area contributed by atoms with Gasteiger partial charge in [-0.25, -0.2) is 14.0 Å². The Bertz CT molecular complexity index is 574. The van der Waals surface area contributed by atoms with Crippen LogP contribution in [0.3, 0.4) is 0 Å². The highest BCUT2D eigenvalue weighted by molar-refractivity contribution is 5.91. The lowest BCUT2D eigenvalue weighted by Gasteiger charge is -2.28. The van der Waals surface area contributed by atoms with Gasteiger partial charge in [0.25, 0.3) is 0 Å². The van der Waals surface area contributed by atoms with E-state index in [2.05, 4.69) is 10.1 Å². The van der Waals surface area contributed by atoms with Gasteiger partial charge in [-0.1, -0.05) is 6.07 Å². The number of methoxy groups -OCH3 is 1. The molecule has 0 radical (unpaired) electrons. The molecule has 1 heterocycles. The first-order chi connectivity index (χ1) is 10.6. The molecule has 1 fully saturated rings. The molecule has 23 heavy (non-hydrogen) atoms. The van der Waals surface area contributed by atoms with Crippen LogP contribution in [0.25, 0.3) is 0 Å². The number of nitrogens with one attached hydrogen (secondary N) is 1. The summed E-state index contributed by atoms with van der Waals surface area (Å²) >= 11 is 0. The van der Waals surface area contributed by atoms with Crippen LogP contribution in [0.4, 0.5) is 17.6 Å². The van der Waals surface area contributed by atoms with E-state index < -0.39 is 23.9 Å². The van der Waals surface area contributed by atoms with Crippen LogP contribution in [-0.4, -0.2) is 43.4 Å².